The Labute approximate surface area is 202 Å². The molecule has 0 saturated heterocycles. The number of benzene rings is 2. The summed E-state index contributed by atoms with van der Waals surface area (Å²) >= 11 is 17.4. The zero-order valence-electron chi connectivity index (χ0n) is 16.6. The molecule has 1 heterocycles. The highest BCUT2D eigenvalue weighted by Gasteiger charge is 2.39. The molecule has 3 aromatic rings. The molecule has 33 heavy (non-hydrogen) atoms. The van der Waals surface area contributed by atoms with Crippen molar-refractivity contribution in [2.75, 3.05) is 0 Å². The van der Waals surface area contributed by atoms with Crippen molar-refractivity contribution in [1.82, 2.24) is 10.3 Å². The van der Waals surface area contributed by atoms with Crippen LogP contribution in [0.25, 0.3) is 6.08 Å². The standard InChI is InChI=1S/C23H15Cl3F4N2O/c24-16-8-15(9-17(25)10-16)19(23(28,29)30)5-2-13-1-4-18(20(27)7-13)22(33)32-12-14-3-6-21(26)31-11-14/h1-11,19H,12H2,(H,32,33). The Morgan fingerprint density at radius 3 is 2.30 bits per heavy atom. The maximum Gasteiger partial charge on any atom is 0.399 e. The van der Waals surface area contributed by atoms with E-state index in [-0.39, 0.29) is 33.3 Å². The van der Waals surface area contributed by atoms with E-state index in [2.05, 4.69) is 10.3 Å². The molecule has 3 nitrogen and oxygen atoms in total. The van der Waals surface area contributed by atoms with E-state index >= 15 is 0 Å². The van der Waals surface area contributed by atoms with Crippen LogP contribution in [0, 0.1) is 5.82 Å². The van der Waals surface area contributed by atoms with Gasteiger partial charge in [-0.2, -0.15) is 13.2 Å². The molecule has 0 bridgehead atoms. The molecule has 1 N–H and O–H groups in total. The van der Waals surface area contributed by atoms with E-state index in [1.165, 1.54) is 36.5 Å². The lowest BCUT2D eigenvalue weighted by molar-refractivity contribution is -0.139. The third-order valence-electron chi connectivity index (χ3n) is 4.56. The largest absolute Gasteiger partial charge is 0.399 e. The quantitative estimate of drug-likeness (QED) is 0.272. The molecule has 0 spiro atoms. The van der Waals surface area contributed by atoms with E-state index in [9.17, 15) is 22.4 Å². The highest BCUT2D eigenvalue weighted by molar-refractivity contribution is 6.34. The monoisotopic (exact) mass is 516 g/mol. The Kier molecular flexibility index (Phi) is 8.00. The molecule has 0 saturated carbocycles. The molecular weight excluding hydrogens is 503 g/mol. The summed E-state index contributed by atoms with van der Waals surface area (Å²) in [5.41, 5.74) is 0.410. The summed E-state index contributed by atoms with van der Waals surface area (Å²) in [5, 5.41) is 2.97. The Hall–Kier alpha value is -2.61. The molecule has 1 aromatic heterocycles. The van der Waals surface area contributed by atoms with Crippen LogP contribution < -0.4 is 5.32 Å². The molecule has 172 valence electrons. The Balaban J connectivity index is 1.76. The van der Waals surface area contributed by atoms with Gasteiger partial charge in [-0.25, -0.2) is 9.37 Å². The second-order valence-corrected chi connectivity index (χ2v) is 8.25. The number of nitrogens with zero attached hydrogens (tertiary/aromatic N) is 1. The number of halogens is 7. The fourth-order valence-corrected chi connectivity index (χ4v) is 3.63. The van der Waals surface area contributed by atoms with Crippen LogP contribution in [0.5, 0.6) is 0 Å². The third-order valence-corrected chi connectivity index (χ3v) is 5.22. The van der Waals surface area contributed by atoms with Gasteiger partial charge >= 0.3 is 6.18 Å². The number of carbonyl (C=O) groups excluding carboxylic acids is 1. The van der Waals surface area contributed by atoms with Crippen LogP contribution in [0.2, 0.25) is 15.2 Å². The second kappa shape index (κ2) is 10.5. The number of hydrogen-bond acceptors (Lipinski definition) is 2. The smallest absolute Gasteiger partial charge is 0.348 e. The van der Waals surface area contributed by atoms with Crippen LogP contribution in [0.4, 0.5) is 17.6 Å². The molecule has 1 unspecified atom stereocenters. The topological polar surface area (TPSA) is 42.0 Å². The van der Waals surface area contributed by atoms with Crippen molar-refractivity contribution < 1.29 is 22.4 Å². The van der Waals surface area contributed by atoms with Gasteiger partial charge in [0.05, 0.1) is 11.5 Å². The number of aromatic nitrogens is 1. The van der Waals surface area contributed by atoms with Crippen molar-refractivity contribution in [2.45, 2.75) is 18.6 Å². The van der Waals surface area contributed by atoms with Crippen molar-refractivity contribution in [3.8, 4) is 0 Å². The predicted molar refractivity (Wildman–Crippen MR) is 121 cm³/mol. The van der Waals surface area contributed by atoms with Crippen molar-refractivity contribution >= 4 is 46.8 Å². The molecule has 0 radical (unpaired) electrons. The maximum atomic E-state index is 14.5. The number of pyridine rings is 1. The van der Waals surface area contributed by atoms with Crippen LogP contribution in [0.3, 0.4) is 0 Å². The second-order valence-electron chi connectivity index (χ2n) is 6.99. The van der Waals surface area contributed by atoms with Gasteiger partial charge < -0.3 is 5.32 Å². The van der Waals surface area contributed by atoms with Gasteiger partial charge in [0.2, 0.25) is 0 Å². The van der Waals surface area contributed by atoms with E-state index in [1.807, 2.05) is 0 Å². The maximum absolute atomic E-state index is 14.5. The summed E-state index contributed by atoms with van der Waals surface area (Å²) in [7, 11) is 0. The van der Waals surface area contributed by atoms with Crippen LogP contribution in [0.15, 0.2) is 60.8 Å². The lowest BCUT2D eigenvalue weighted by Crippen LogP contribution is -2.23. The van der Waals surface area contributed by atoms with Crippen molar-refractivity contribution in [1.29, 1.82) is 0 Å². The molecule has 3 rings (SSSR count). The molecule has 1 amide bonds. The summed E-state index contributed by atoms with van der Waals surface area (Å²) in [6, 6.07) is 10.4. The molecule has 0 aliphatic rings. The Morgan fingerprint density at radius 1 is 1.03 bits per heavy atom. The number of hydrogen-bond donors (Lipinski definition) is 1. The minimum atomic E-state index is -4.63. The average molecular weight is 518 g/mol. The van der Waals surface area contributed by atoms with Gasteiger partial charge in [0, 0.05) is 22.8 Å². The predicted octanol–water partition coefficient (Wildman–Crippen LogP) is 7.47. The lowest BCUT2D eigenvalue weighted by atomic mass is 9.97. The van der Waals surface area contributed by atoms with Crippen molar-refractivity contribution in [3.63, 3.8) is 0 Å². The number of alkyl halides is 3. The van der Waals surface area contributed by atoms with Gasteiger partial charge in [-0.15, -0.1) is 0 Å². The first-order valence-corrected chi connectivity index (χ1v) is 10.6. The summed E-state index contributed by atoms with van der Waals surface area (Å²) in [4.78, 5) is 16.2. The molecular formula is C23H15Cl3F4N2O. The summed E-state index contributed by atoms with van der Waals surface area (Å²) in [6.45, 7) is 0.0968. The Morgan fingerprint density at radius 2 is 1.73 bits per heavy atom. The highest BCUT2D eigenvalue weighted by atomic mass is 35.5. The van der Waals surface area contributed by atoms with Crippen LogP contribution in [-0.2, 0) is 6.54 Å². The SMILES string of the molecule is O=C(NCc1ccc(Cl)nc1)c1ccc(C=CC(c2cc(Cl)cc(Cl)c2)C(F)(F)F)cc1F. The van der Waals surface area contributed by atoms with Crippen LogP contribution in [0.1, 0.15) is 33.0 Å². The van der Waals surface area contributed by atoms with Gasteiger partial charge in [-0.05, 0) is 53.1 Å². The molecule has 0 fully saturated rings. The number of rotatable bonds is 6. The Bertz CT molecular complexity index is 1160. The van der Waals surface area contributed by atoms with E-state index in [4.69, 9.17) is 34.8 Å². The first-order chi connectivity index (χ1) is 15.5. The molecule has 0 aliphatic carbocycles. The number of nitrogens with one attached hydrogen (secondary N) is 1. The molecule has 10 heteroatoms. The summed E-state index contributed by atoms with van der Waals surface area (Å²) in [6.07, 6.45) is -1.16. The summed E-state index contributed by atoms with van der Waals surface area (Å²) in [5.74, 6) is -3.56. The third kappa shape index (κ3) is 6.93. The molecule has 2 aromatic carbocycles. The van der Waals surface area contributed by atoms with Gasteiger partial charge in [-0.3, -0.25) is 4.79 Å². The first kappa shape index (κ1) is 25.0. The zero-order chi connectivity index (χ0) is 24.2. The van der Waals surface area contributed by atoms with E-state index < -0.39 is 23.8 Å². The minimum Gasteiger partial charge on any atom is -0.348 e. The van der Waals surface area contributed by atoms with Gasteiger partial charge in [0.15, 0.2) is 0 Å². The van der Waals surface area contributed by atoms with E-state index in [1.54, 1.807) is 12.1 Å². The normalized spacial score (nSPS) is 12.7. The fourth-order valence-electron chi connectivity index (χ4n) is 2.98. The van der Waals surface area contributed by atoms with Crippen LogP contribution >= 0.6 is 34.8 Å². The average Bonchev–Trinajstić information content (AvgIpc) is 2.71. The van der Waals surface area contributed by atoms with Gasteiger partial charge in [0.1, 0.15) is 11.0 Å². The van der Waals surface area contributed by atoms with Gasteiger partial charge in [0.25, 0.3) is 5.91 Å². The number of allylic oxidation sites excluding steroid dienone is 1. The number of amides is 1. The van der Waals surface area contributed by atoms with Gasteiger partial charge in [-0.1, -0.05) is 59.1 Å². The minimum absolute atomic E-state index is 0.0657. The van der Waals surface area contributed by atoms with Crippen molar-refractivity contribution in [3.05, 3.63) is 104 Å². The van der Waals surface area contributed by atoms with Crippen molar-refractivity contribution in [2.24, 2.45) is 0 Å². The van der Waals surface area contributed by atoms with E-state index in [0.717, 1.165) is 18.2 Å². The molecule has 1 atom stereocenters. The zero-order valence-corrected chi connectivity index (χ0v) is 18.9. The summed E-state index contributed by atoms with van der Waals surface area (Å²) < 4.78 is 55.3. The highest BCUT2D eigenvalue weighted by Crippen LogP contribution is 2.38. The van der Waals surface area contributed by atoms with Crippen LogP contribution in [-0.4, -0.2) is 17.1 Å². The molecule has 0 aliphatic heterocycles. The first-order valence-electron chi connectivity index (χ1n) is 9.42. The lowest BCUT2D eigenvalue weighted by Gasteiger charge is -2.18. The fraction of sp³-hybridized carbons (Fsp3) is 0.130. The number of carbonyl (C=O) groups is 1. The van der Waals surface area contributed by atoms with E-state index in [0.29, 0.717) is 10.7 Å².